The van der Waals surface area contributed by atoms with Gasteiger partial charge in [-0.3, -0.25) is 0 Å². The van der Waals surface area contributed by atoms with Crippen molar-refractivity contribution in [3.05, 3.63) is 176 Å². The second-order valence-electron chi connectivity index (χ2n) is 13.3. The minimum atomic E-state index is 1.13. The largest absolute Gasteiger partial charge is 0.310 e. The molecular formula is C48H29NS3. The van der Waals surface area contributed by atoms with Gasteiger partial charge in [0.05, 0.1) is 5.69 Å². The van der Waals surface area contributed by atoms with Gasteiger partial charge in [-0.2, -0.15) is 0 Å². The lowest BCUT2D eigenvalue weighted by Gasteiger charge is -2.27. The molecule has 244 valence electrons. The summed E-state index contributed by atoms with van der Waals surface area (Å²) in [4.78, 5) is 2.45. The minimum Gasteiger partial charge on any atom is -0.310 e. The van der Waals surface area contributed by atoms with Crippen molar-refractivity contribution < 1.29 is 0 Å². The standard InChI is InChI=1S/C48H29NS3/c1-4-15-42-36(11-1)39-28-32(21-25-45(39)50-42)30-19-23-34(24-20-30)49(41-14-8-18-47-48(41)38-13-3-6-17-44(38)52-47)35-10-7-9-31(27-35)33-22-26-46-40(29-33)37-12-2-5-16-43(37)51-46/h1-29H. The van der Waals surface area contributed by atoms with E-state index in [1.54, 1.807) is 0 Å². The molecule has 0 amide bonds. The van der Waals surface area contributed by atoms with Gasteiger partial charge >= 0.3 is 0 Å². The first-order chi connectivity index (χ1) is 25.7. The summed E-state index contributed by atoms with van der Waals surface area (Å²) in [5, 5.41) is 7.88. The Morgan fingerprint density at radius 2 is 0.769 bits per heavy atom. The van der Waals surface area contributed by atoms with Crippen LogP contribution in [0.1, 0.15) is 0 Å². The van der Waals surface area contributed by atoms with Crippen molar-refractivity contribution >= 4 is 112 Å². The number of thiophene rings is 3. The summed E-state index contributed by atoms with van der Waals surface area (Å²) in [7, 11) is 0. The second-order valence-corrected chi connectivity index (χ2v) is 16.6. The smallest absolute Gasteiger partial charge is 0.0554 e. The van der Waals surface area contributed by atoms with Gasteiger partial charge in [-0.25, -0.2) is 0 Å². The van der Waals surface area contributed by atoms with Crippen LogP contribution in [0, 0.1) is 0 Å². The number of nitrogens with zero attached hydrogens (tertiary/aromatic N) is 1. The summed E-state index contributed by atoms with van der Waals surface area (Å²) in [6, 6.07) is 65.0. The fraction of sp³-hybridized carbons (Fsp3) is 0. The monoisotopic (exact) mass is 715 g/mol. The number of rotatable bonds is 5. The van der Waals surface area contributed by atoms with Gasteiger partial charge in [0, 0.05) is 71.9 Å². The predicted molar refractivity (Wildman–Crippen MR) is 231 cm³/mol. The van der Waals surface area contributed by atoms with Crippen molar-refractivity contribution in [3.8, 4) is 22.3 Å². The van der Waals surface area contributed by atoms with E-state index in [0.717, 1.165) is 11.4 Å². The number of hydrogen-bond donors (Lipinski definition) is 0. The number of anilines is 3. The van der Waals surface area contributed by atoms with Gasteiger partial charge < -0.3 is 4.90 Å². The van der Waals surface area contributed by atoms with Gasteiger partial charge in [-0.1, -0.05) is 97.1 Å². The van der Waals surface area contributed by atoms with Crippen molar-refractivity contribution in [1.29, 1.82) is 0 Å². The lowest BCUT2D eigenvalue weighted by molar-refractivity contribution is 1.30. The lowest BCUT2D eigenvalue weighted by Crippen LogP contribution is -2.10. The third kappa shape index (κ3) is 4.80. The molecule has 0 unspecified atom stereocenters. The van der Waals surface area contributed by atoms with E-state index >= 15 is 0 Å². The van der Waals surface area contributed by atoms with E-state index in [-0.39, 0.29) is 0 Å². The van der Waals surface area contributed by atoms with E-state index in [9.17, 15) is 0 Å². The summed E-state index contributed by atoms with van der Waals surface area (Å²) in [6.45, 7) is 0. The highest BCUT2D eigenvalue weighted by molar-refractivity contribution is 7.26. The van der Waals surface area contributed by atoms with E-state index in [0.29, 0.717) is 0 Å². The highest BCUT2D eigenvalue weighted by Crippen LogP contribution is 2.46. The zero-order valence-corrected chi connectivity index (χ0v) is 30.4. The minimum absolute atomic E-state index is 1.13. The highest BCUT2D eigenvalue weighted by Gasteiger charge is 2.19. The summed E-state index contributed by atoms with van der Waals surface area (Å²) < 4.78 is 7.92. The molecule has 0 aliphatic rings. The van der Waals surface area contributed by atoms with Crippen molar-refractivity contribution in [2.45, 2.75) is 0 Å². The molecule has 0 aliphatic carbocycles. The van der Waals surface area contributed by atoms with E-state index in [2.05, 4.69) is 181 Å². The Balaban J connectivity index is 1.07. The highest BCUT2D eigenvalue weighted by atomic mass is 32.1. The Morgan fingerprint density at radius 1 is 0.288 bits per heavy atom. The Morgan fingerprint density at radius 3 is 1.44 bits per heavy atom. The number of fused-ring (bicyclic) bond motifs is 9. The fourth-order valence-electron chi connectivity index (χ4n) is 7.81. The molecule has 11 rings (SSSR count). The third-order valence-corrected chi connectivity index (χ3v) is 13.7. The zero-order valence-electron chi connectivity index (χ0n) is 27.9. The Hall–Kier alpha value is -5.78. The van der Waals surface area contributed by atoms with Crippen molar-refractivity contribution in [2.75, 3.05) is 4.90 Å². The quantitative estimate of drug-likeness (QED) is 0.171. The molecule has 1 nitrogen and oxygen atoms in total. The normalized spacial score (nSPS) is 11.8. The van der Waals surface area contributed by atoms with Crippen LogP contribution in [0.2, 0.25) is 0 Å². The maximum absolute atomic E-state index is 2.45. The Labute approximate surface area is 312 Å². The molecule has 11 aromatic rings. The molecule has 0 spiro atoms. The third-order valence-electron chi connectivity index (χ3n) is 10.3. The second kappa shape index (κ2) is 11.9. The molecule has 4 heteroatoms. The van der Waals surface area contributed by atoms with Crippen LogP contribution in [0.15, 0.2) is 176 Å². The average Bonchev–Trinajstić information content (AvgIpc) is 3.89. The first kappa shape index (κ1) is 29.9. The lowest BCUT2D eigenvalue weighted by atomic mass is 10.0. The van der Waals surface area contributed by atoms with Crippen LogP contribution in [0.4, 0.5) is 17.1 Å². The molecule has 0 fully saturated rings. The van der Waals surface area contributed by atoms with Crippen molar-refractivity contribution in [1.82, 2.24) is 0 Å². The molecule has 3 heterocycles. The topological polar surface area (TPSA) is 3.24 Å². The van der Waals surface area contributed by atoms with E-state index in [4.69, 9.17) is 0 Å². The molecule has 0 bridgehead atoms. The predicted octanol–water partition coefficient (Wildman–Crippen LogP) is 15.6. The van der Waals surface area contributed by atoms with Gasteiger partial charge in [0.25, 0.3) is 0 Å². The molecule has 0 atom stereocenters. The molecule has 0 saturated carbocycles. The number of benzene rings is 8. The number of hydrogen-bond acceptors (Lipinski definition) is 4. The van der Waals surface area contributed by atoms with Crippen LogP contribution in [0.3, 0.4) is 0 Å². The maximum atomic E-state index is 2.45. The molecule has 0 radical (unpaired) electrons. The van der Waals surface area contributed by atoms with Crippen LogP contribution in [-0.4, -0.2) is 0 Å². The molecule has 3 aromatic heterocycles. The first-order valence-corrected chi connectivity index (χ1v) is 19.9. The Bertz CT molecular complexity index is 3140. The summed E-state index contributed by atoms with van der Waals surface area (Å²) in [6.07, 6.45) is 0. The van der Waals surface area contributed by atoms with Crippen molar-refractivity contribution in [3.63, 3.8) is 0 Å². The van der Waals surface area contributed by atoms with Crippen molar-refractivity contribution in [2.24, 2.45) is 0 Å². The van der Waals surface area contributed by atoms with Gasteiger partial charge in [0.15, 0.2) is 0 Å². The van der Waals surface area contributed by atoms with Gasteiger partial charge in [-0.15, -0.1) is 34.0 Å². The zero-order chi connectivity index (χ0) is 34.2. The van der Waals surface area contributed by atoms with E-state index in [1.165, 1.54) is 88.5 Å². The van der Waals surface area contributed by atoms with Gasteiger partial charge in [0.2, 0.25) is 0 Å². The average molecular weight is 716 g/mol. The summed E-state index contributed by atoms with van der Waals surface area (Å²) in [5.74, 6) is 0. The maximum Gasteiger partial charge on any atom is 0.0554 e. The SMILES string of the molecule is c1cc(-c2ccc3sc4ccccc4c3c2)cc(N(c2ccc(-c3ccc4sc5ccccc5c4c3)cc2)c2cccc3sc4ccccc4c23)c1. The van der Waals surface area contributed by atoms with Crippen LogP contribution < -0.4 is 4.90 Å². The molecular weight excluding hydrogens is 687 g/mol. The molecule has 0 saturated heterocycles. The molecule has 0 N–H and O–H groups in total. The van der Waals surface area contributed by atoms with E-state index in [1.807, 2.05) is 34.0 Å². The van der Waals surface area contributed by atoms with Crippen LogP contribution >= 0.6 is 34.0 Å². The van der Waals surface area contributed by atoms with Gasteiger partial charge in [0.1, 0.15) is 0 Å². The van der Waals surface area contributed by atoms with Crippen LogP contribution in [0.5, 0.6) is 0 Å². The molecule has 0 aliphatic heterocycles. The van der Waals surface area contributed by atoms with E-state index < -0.39 is 0 Å². The first-order valence-electron chi connectivity index (χ1n) is 17.5. The van der Waals surface area contributed by atoms with Crippen LogP contribution in [0.25, 0.3) is 82.8 Å². The summed E-state index contributed by atoms with van der Waals surface area (Å²) >= 11 is 5.59. The van der Waals surface area contributed by atoms with Gasteiger partial charge in [-0.05, 0) is 101 Å². The van der Waals surface area contributed by atoms with Crippen LogP contribution in [-0.2, 0) is 0 Å². The Kier molecular flexibility index (Phi) is 6.84. The molecule has 52 heavy (non-hydrogen) atoms. The molecule has 8 aromatic carbocycles. The summed E-state index contributed by atoms with van der Waals surface area (Å²) in [5.41, 5.74) is 8.33. The fourth-order valence-corrected chi connectivity index (χ4v) is 11.1.